The minimum atomic E-state index is -0.0723. The first kappa shape index (κ1) is 14.5. The molecule has 0 saturated carbocycles. The third kappa shape index (κ3) is 3.71. The van der Waals surface area contributed by atoms with Crippen molar-refractivity contribution in [3.05, 3.63) is 11.7 Å². The van der Waals surface area contributed by atoms with Gasteiger partial charge >= 0.3 is 0 Å². The summed E-state index contributed by atoms with van der Waals surface area (Å²) in [4.78, 5) is 4.47. The zero-order valence-corrected chi connectivity index (χ0v) is 12.1. The lowest BCUT2D eigenvalue weighted by atomic mass is 10.1. The molecule has 0 aromatic carbocycles. The lowest BCUT2D eigenvalue weighted by molar-refractivity contribution is 0.0217. The van der Waals surface area contributed by atoms with E-state index in [2.05, 4.69) is 37.2 Å². The fourth-order valence-electron chi connectivity index (χ4n) is 1.68. The second-order valence-corrected chi connectivity index (χ2v) is 5.28. The molecule has 1 rings (SSSR count). The number of hydrogen-bond acceptors (Lipinski definition) is 5. The first-order valence-corrected chi connectivity index (χ1v) is 7.40. The maximum atomic E-state index is 5.66. The monoisotopic (exact) mass is 258 g/mol. The summed E-state index contributed by atoms with van der Waals surface area (Å²) in [5.74, 6) is 1.72. The topological polar surface area (TPSA) is 48.2 Å². The van der Waals surface area contributed by atoms with Crippen LogP contribution in [0.3, 0.4) is 0 Å². The summed E-state index contributed by atoms with van der Waals surface area (Å²) in [7, 11) is 0. The summed E-state index contributed by atoms with van der Waals surface area (Å²) in [5, 5.41) is 4.33. The summed E-state index contributed by atoms with van der Waals surface area (Å²) in [6.07, 6.45) is 2.97. The van der Waals surface area contributed by atoms with E-state index in [1.54, 1.807) is 11.8 Å². The number of thioether (sulfide) groups is 1. The van der Waals surface area contributed by atoms with E-state index in [-0.39, 0.29) is 11.4 Å². The van der Waals surface area contributed by atoms with Crippen LogP contribution in [0.4, 0.5) is 0 Å². The van der Waals surface area contributed by atoms with Crippen molar-refractivity contribution < 1.29 is 9.26 Å². The Kier molecular flexibility index (Phi) is 5.98. The molecule has 17 heavy (non-hydrogen) atoms. The van der Waals surface area contributed by atoms with Crippen LogP contribution < -0.4 is 0 Å². The lowest BCUT2D eigenvalue weighted by Gasteiger charge is -2.16. The molecule has 2 unspecified atom stereocenters. The minimum Gasteiger partial charge on any atom is -0.370 e. The predicted molar refractivity (Wildman–Crippen MR) is 70.1 cm³/mol. The summed E-state index contributed by atoms with van der Waals surface area (Å²) in [6.45, 7) is 8.96. The van der Waals surface area contributed by atoms with E-state index in [1.165, 1.54) is 0 Å². The molecule has 0 saturated heterocycles. The average molecular weight is 258 g/mol. The van der Waals surface area contributed by atoms with Crippen LogP contribution in [-0.4, -0.2) is 23.0 Å². The number of rotatable bonds is 7. The molecule has 0 aliphatic rings. The highest BCUT2D eigenvalue weighted by molar-refractivity contribution is 7.98. The quantitative estimate of drug-likeness (QED) is 0.747. The third-order valence-electron chi connectivity index (χ3n) is 2.59. The minimum absolute atomic E-state index is 0.0723. The molecule has 98 valence electrons. The Labute approximate surface area is 108 Å². The fourth-order valence-corrected chi connectivity index (χ4v) is 2.31. The molecule has 1 aromatic heterocycles. The standard InChI is InChI=1S/C12H22N2O2S/c1-6-9(17-5)12-13-11(14-16-12)10(8(3)4)15-7-2/h8-10H,6-7H2,1-5H3. The van der Waals surface area contributed by atoms with Gasteiger partial charge in [0, 0.05) is 6.61 Å². The molecule has 0 bridgehead atoms. The molecule has 0 radical (unpaired) electrons. The van der Waals surface area contributed by atoms with E-state index in [0.29, 0.717) is 24.2 Å². The molecule has 0 aliphatic carbocycles. The van der Waals surface area contributed by atoms with Gasteiger partial charge < -0.3 is 9.26 Å². The molecule has 0 aliphatic heterocycles. The molecule has 0 fully saturated rings. The SMILES string of the molecule is CCOC(c1noc(C(CC)SC)n1)C(C)C. The van der Waals surface area contributed by atoms with Crippen molar-refractivity contribution in [2.45, 2.75) is 45.5 Å². The van der Waals surface area contributed by atoms with Crippen LogP contribution in [0.15, 0.2) is 4.52 Å². The van der Waals surface area contributed by atoms with Crippen LogP contribution in [0, 0.1) is 5.92 Å². The summed E-state index contributed by atoms with van der Waals surface area (Å²) >= 11 is 1.73. The highest BCUT2D eigenvalue weighted by Crippen LogP contribution is 2.30. The van der Waals surface area contributed by atoms with Gasteiger partial charge in [0.15, 0.2) is 0 Å². The Morgan fingerprint density at radius 3 is 2.53 bits per heavy atom. The van der Waals surface area contributed by atoms with Gasteiger partial charge in [-0.1, -0.05) is 25.9 Å². The smallest absolute Gasteiger partial charge is 0.239 e. The molecule has 1 heterocycles. The van der Waals surface area contributed by atoms with E-state index in [4.69, 9.17) is 9.26 Å². The predicted octanol–water partition coefficient (Wildman–Crippen LogP) is 3.62. The first-order valence-electron chi connectivity index (χ1n) is 6.11. The Hall–Kier alpha value is -0.550. The number of nitrogens with zero attached hydrogens (tertiary/aromatic N) is 2. The highest BCUT2D eigenvalue weighted by atomic mass is 32.2. The van der Waals surface area contributed by atoms with E-state index >= 15 is 0 Å². The number of hydrogen-bond donors (Lipinski definition) is 0. The average Bonchev–Trinajstić information content (AvgIpc) is 2.76. The highest BCUT2D eigenvalue weighted by Gasteiger charge is 2.24. The van der Waals surface area contributed by atoms with Gasteiger partial charge in [0.2, 0.25) is 11.7 Å². The molecule has 4 nitrogen and oxygen atoms in total. The van der Waals surface area contributed by atoms with Crippen LogP contribution in [0.2, 0.25) is 0 Å². The summed E-state index contributed by atoms with van der Waals surface area (Å²) in [6, 6.07) is 0. The van der Waals surface area contributed by atoms with Crippen LogP contribution in [0.1, 0.15) is 57.2 Å². The van der Waals surface area contributed by atoms with Crippen molar-refractivity contribution in [2.24, 2.45) is 5.92 Å². The van der Waals surface area contributed by atoms with Gasteiger partial charge in [-0.05, 0) is 25.5 Å². The van der Waals surface area contributed by atoms with E-state index in [9.17, 15) is 0 Å². The van der Waals surface area contributed by atoms with Crippen LogP contribution in [0.5, 0.6) is 0 Å². The Morgan fingerprint density at radius 1 is 1.35 bits per heavy atom. The van der Waals surface area contributed by atoms with Crippen molar-refractivity contribution in [3.63, 3.8) is 0 Å². The second kappa shape index (κ2) is 7.01. The van der Waals surface area contributed by atoms with Crippen molar-refractivity contribution >= 4 is 11.8 Å². The lowest BCUT2D eigenvalue weighted by Crippen LogP contribution is -2.12. The largest absolute Gasteiger partial charge is 0.370 e. The van der Waals surface area contributed by atoms with E-state index in [0.717, 1.165) is 6.42 Å². The molecule has 1 aromatic rings. The summed E-state index contributed by atoms with van der Waals surface area (Å²) in [5.41, 5.74) is 0. The molecule has 5 heteroatoms. The number of aromatic nitrogens is 2. The van der Waals surface area contributed by atoms with Crippen LogP contribution in [0.25, 0.3) is 0 Å². The Morgan fingerprint density at radius 2 is 2.06 bits per heavy atom. The first-order chi connectivity index (χ1) is 8.13. The fraction of sp³-hybridized carbons (Fsp3) is 0.833. The van der Waals surface area contributed by atoms with Gasteiger partial charge in [0.05, 0.1) is 5.25 Å². The van der Waals surface area contributed by atoms with Gasteiger partial charge in [-0.25, -0.2) is 0 Å². The van der Waals surface area contributed by atoms with Crippen molar-refractivity contribution in [3.8, 4) is 0 Å². The van der Waals surface area contributed by atoms with Gasteiger partial charge in [-0.2, -0.15) is 16.7 Å². The van der Waals surface area contributed by atoms with Crippen LogP contribution >= 0.6 is 11.8 Å². The van der Waals surface area contributed by atoms with Gasteiger partial charge in [0.25, 0.3) is 0 Å². The van der Waals surface area contributed by atoms with E-state index < -0.39 is 0 Å². The molecular weight excluding hydrogens is 236 g/mol. The van der Waals surface area contributed by atoms with Gasteiger partial charge in [-0.3, -0.25) is 0 Å². The van der Waals surface area contributed by atoms with Crippen molar-refractivity contribution in [2.75, 3.05) is 12.9 Å². The van der Waals surface area contributed by atoms with E-state index in [1.807, 2.05) is 6.92 Å². The zero-order chi connectivity index (χ0) is 12.8. The van der Waals surface area contributed by atoms with Gasteiger partial charge in [-0.15, -0.1) is 0 Å². The molecule has 0 spiro atoms. The van der Waals surface area contributed by atoms with Crippen molar-refractivity contribution in [1.82, 2.24) is 10.1 Å². The Bertz CT molecular complexity index is 324. The molecular formula is C12H22N2O2S. The molecule has 0 N–H and O–H groups in total. The Balaban J connectivity index is 2.84. The van der Waals surface area contributed by atoms with Gasteiger partial charge in [0.1, 0.15) is 6.10 Å². The summed E-state index contributed by atoms with van der Waals surface area (Å²) < 4.78 is 11.0. The maximum Gasteiger partial charge on any atom is 0.239 e. The third-order valence-corrected chi connectivity index (χ3v) is 3.70. The molecule has 0 amide bonds. The number of ether oxygens (including phenoxy) is 1. The van der Waals surface area contributed by atoms with Crippen molar-refractivity contribution in [1.29, 1.82) is 0 Å². The zero-order valence-electron chi connectivity index (χ0n) is 11.3. The molecule has 2 atom stereocenters. The second-order valence-electron chi connectivity index (χ2n) is 4.24. The maximum absolute atomic E-state index is 5.66. The normalized spacial score (nSPS) is 15.2. The van der Waals surface area contributed by atoms with Crippen LogP contribution in [-0.2, 0) is 4.74 Å².